The van der Waals surface area contributed by atoms with E-state index in [2.05, 4.69) is 15.3 Å². The van der Waals surface area contributed by atoms with Crippen molar-refractivity contribution in [2.24, 2.45) is 0 Å². The molecule has 2 rings (SSSR count). The van der Waals surface area contributed by atoms with Gasteiger partial charge in [0.2, 0.25) is 0 Å². The van der Waals surface area contributed by atoms with Crippen molar-refractivity contribution in [1.82, 2.24) is 9.97 Å². The predicted molar refractivity (Wildman–Crippen MR) is 82.3 cm³/mol. The molecule has 1 heterocycles. The molecule has 0 fully saturated rings. The molecule has 0 aliphatic heterocycles. The van der Waals surface area contributed by atoms with Crippen molar-refractivity contribution in [3.8, 4) is 0 Å². The molecule has 1 aromatic carbocycles. The van der Waals surface area contributed by atoms with Crippen LogP contribution >= 0.6 is 0 Å². The Bertz CT molecular complexity index is 679. The van der Waals surface area contributed by atoms with Crippen molar-refractivity contribution >= 4 is 5.82 Å². The molecule has 0 amide bonds. The van der Waals surface area contributed by atoms with Gasteiger partial charge in [-0.2, -0.15) is 0 Å². The first-order chi connectivity index (χ1) is 9.95. The maximum atomic E-state index is 13.0. The van der Waals surface area contributed by atoms with Crippen LogP contribution in [0.2, 0.25) is 0 Å². The van der Waals surface area contributed by atoms with E-state index >= 15 is 0 Å². The van der Waals surface area contributed by atoms with Crippen molar-refractivity contribution in [2.45, 2.75) is 33.1 Å². The predicted octanol–water partition coefficient (Wildman–Crippen LogP) is 3.00. The summed E-state index contributed by atoms with van der Waals surface area (Å²) in [7, 11) is 0. The summed E-state index contributed by atoms with van der Waals surface area (Å²) < 4.78 is 13.0. The number of aryl methyl sites for hydroxylation is 1. The highest BCUT2D eigenvalue weighted by atomic mass is 19.1. The number of hydrogen-bond donors (Lipinski definition) is 2. The molecule has 112 valence electrons. The molecule has 0 saturated heterocycles. The smallest absolute Gasteiger partial charge is 0.252 e. The number of hydrogen-bond acceptors (Lipinski definition) is 3. The summed E-state index contributed by atoms with van der Waals surface area (Å²) in [6, 6.07) is 6.23. The fourth-order valence-electron chi connectivity index (χ4n) is 2.11. The molecule has 4 nitrogen and oxygen atoms in total. The van der Waals surface area contributed by atoms with E-state index in [0.717, 1.165) is 17.5 Å². The van der Waals surface area contributed by atoms with E-state index in [9.17, 15) is 9.18 Å². The van der Waals surface area contributed by atoms with Gasteiger partial charge in [-0.25, -0.2) is 9.37 Å². The second-order valence-corrected chi connectivity index (χ2v) is 5.42. The van der Waals surface area contributed by atoms with Gasteiger partial charge >= 0.3 is 0 Å². The summed E-state index contributed by atoms with van der Waals surface area (Å²) in [5, 5.41) is 3.15. The third-order valence-electron chi connectivity index (χ3n) is 3.31. The third-order valence-corrected chi connectivity index (χ3v) is 3.31. The van der Waals surface area contributed by atoms with Crippen LogP contribution in [0.15, 0.2) is 29.1 Å². The lowest BCUT2D eigenvalue weighted by Crippen LogP contribution is -2.16. The Balaban J connectivity index is 2.02. The summed E-state index contributed by atoms with van der Waals surface area (Å²) in [6.07, 6.45) is 0.748. The van der Waals surface area contributed by atoms with E-state index in [1.807, 2.05) is 20.8 Å². The van der Waals surface area contributed by atoms with E-state index in [0.29, 0.717) is 18.2 Å². The minimum atomic E-state index is -0.220. The van der Waals surface area contributed by atoms with Crippen LogP contribution in [0.25, 0.3) is 0 Å². The number of aromatic amines is 1. The lowest BCUT2D eigenvalue weighted by molar-refractivity contribution is 0.625. The standard InChI is InChI=1S/C16H20FN3O/c1-10(2)16-19-14(9-15(21)20-16)18-7-6-12-4-5-13(17)8-11(12)3/h4-5,8-10H,6-7H2,1-3H3,(H2,18,19,20,21). The van der Waals surface area contributed by atoms with Crippen LogP contribution in [-0.4, -0.2) is 16.5 Å². The van der Waals surface area contributed by atoms with Crippen LogP contribution in [0.5, 0.6) is 0 Å². The zero-order valence-corrected chi connectivity index (χ0v) is 12.5. The summed E-state index contributed by atoms with van der Waals surface area (Å²) >= 11 is 0. The van der Waals surface area contributed by atoms with Gasteiger partial charge in [0.1, 0.15) is 17.5 Å². The molecule has 0 aliphatic carbocycles. The van der Waals surface area contributed by atoms with Crippen LogP contribution in [0.4, 0.5) is 10.2 Å². The SMILES string of the molecule is Cc1cc(F)ccc1CCNc1cc(=O)[nH]c(C(C)C)n1. The molecule has 21 heavy (non-hydrogen) atoms. The Morgan fingerprint density at radius 2 is 2.10 bits per heavy atom. The molecular formula is C16H20FN3O. The monoisotopic (exact) mass is 289 g/mol. The second-order valence-electron chi connectivity index (χ2n) is 5.42. The first-order valence-corrected chi connectivity index (χ1v) is 7.06. The second kappa shape index (κ2) is 6.52. The van der Waals surface area contributed by atoms with Gasteiger partial charge in [0.25, 0.3) is 5.56 Å². The first-order valence-electron chi connectivity index (χ1n) is 7.06. The molecule has 1 aromatic heterocycles. The molecule has 0 aliphatic rings. The van der Waals surface area contributed by atoms with E-state index < -0.39 is 0 Å². The summed E-state index contributed by atoms with van der Waals surface area (Å²) in [6.45, 7) is 6.48. The van der Waals surface area contributed by atoms with Gasteiger partial charge in [-0.3, -0.25) is 4.79 Å². The normalized spacial score (nSPS) is 10.9. The van der Waals surface area contributed by atoms with Crippen molar-refractivity contribution in [3.63, 3.8) is 0 Å². The van der Waals surface area contributed by atoms with Gasteiger partial charge in [0, 0.05) is 18.5 Å². The minimum absolute atomic E-state index is 0.158. The number of nitrogens with one attached hydrogen (secondary N) is 2. The summed E-state index contributed by atoms with van der Waals surface area (Å²) in [5.41, 5.74) is 1.85. The highest BCUT2D eigenvalue weighted by molar-refractivity contribution is 5.34. The lowest BCUT2D eigenvalue weighted by atomic mass is 10.1. The Morgan fingerprint density at radius 1 is 1.33 bits per heavy atom. The lowest BCUT2D eigenvalue weighted by Gasteiger charge is -2.10. The Labute approximate surface area is 123 Å². The van der Waals surface area contributed by atoms with Crippen molar-refractivity contribution in [1.29, 1.82) is 0 Å². The van der Waals surface area contributed by atoms with Crippen LogP contribution < -0.4 is 10.9 Å². The van der Waals surface area contributed by atoms with Crippen LogP contribution in [0.1, 0.15) is 36.7 Å². The zero-order valence-electron chi connectivity index (χ0n) is 12.5. The summed E-state index contributed by atoms with van der Waals surface area (Å²) in [4.78, 5) is 18.7. The molecule has 0 radical (unpaired) electrons. The molecule has 2 aromatic rings. The largest absolute Gasteiger partial charge is 0.370 e. The first kappa shape index (κ1) is 15.2. The van der Waals surface area contributed by atoms with Crippen molar-refractivity contribution in [2.75, 3.05) is 11.9 Å². The van der Waals surface area contributed by atoms with E-state index in [-0.39, 0.29) is 17.3 Å². The molecule has 5 heteroatoms. The van der Waals surface area contributed by atoms with Crippen LogP contribution in [-0.2, 0) is 6.42 Å². The molecule has 0 bridgehead atoms. The van der Waals surface area contributed by atoms with Gasteiger partial charge < -0.3 is 10.3 Å². The van der Waals surface area contributed by atoms with Gasteiger partial charge in [0.05, 0.1) is 0 Å². The number of rotatable bonds is 5. The molecule has 0 atom stereocenters. The Morgan fingerprint density at radius 3 is 2.76 bits per heavy atom. The van der Waals surface area contributed by atoms with Gasteiger partial charge in [-0.1, -0.05) is 19.9 Å². The van der Waals surface area contributed by atoms with Gasteiger partial charge in [-0.15, -0.1) is 0 Å². The molecule has 0 saturated carbocycles. The average molecular weight is 289 g/mol. The minimum Gasteiger partial charge on any atom is -0.370 e. The molecule has 0 unspecified atom stereocenters. The van der Waals surface area contributed by atoms with E-state index in [1.165, 1.54) is 18.2 Å². The molecule has 2 N–H and O–H groups in total. The highest BCUT2D eigenvalue weighted by Crippen LogP contribution is 2.12. The quantitative estimate of drug-likeness (QED) is 0.889. The fraction of sp³-hybridized carbons (Fsp3) is 0.375. The average Bonchev–Trinajstić information content (AvgIpc) is 2.40. The molecule has 0 spiro atoms. The zero-order chi connectivity index (χ0) is 15.4. The van der Waals surface area contributed by atoms with E-state index in [1.54, 1.807) is 6.07 Å². The number of halogens is 1. The number of aromatic nitrogens is 2. The summed E-state index contributed by atoms with van der Waals surface area (Å²) in [5.74, 6) is 1.19. The van der Waals surface area contributed by atoms with Gasteiger partial charge in [0.15, 0.2) is 0 Å². The fourth-order valence-corrected chi connectivity index (χ4v) is 2.11. The van der Waals surface area contributed by atoms with Crippen molar-refractivity contribution < 1.29 is 4.39 Å². The maximum absolute atomic E-state index is 13.0. The van der Waals surface area contributed by atoms with Crippen LogP contribution in [0.3, 0.4) is 0 Å². The van der Waals surface area contributed by atoms with E-state index in [4.69, 9.17) is 0 Å². The highest BCUT2D eigenvalue weighted by Gasteiger charge is 2.05. The number of nitrogens with zero attached hydrogens (tertiary/aromatic N) is 1. The maximum Gasteiger partial charge on any atom is 0.252 e. The Hall–Kier alpha value is -2.17. The molecular weight excluding hydrogens is 269 g/mol. The van der Waals surface area contributed by atoms with Crippen molar-refractivity contribution in [3.05, 3.63) is 57.4 Å². The topological polar surface area (TPSA) is 57.8 Å². The number of H-pyrrole nitrogens is 1. The van der Waals surface area contributed by atoms with Gasteiger partial charge in [-0.05, 0) is 36.6 Å². The van der Waals surface area contributed by atoms with Crippen LogP contribution in [0, 0.1) is 12.7 Å². The third kappa shape index (κ3) is 4.15. The number of benzene rings is 1. The number of anilines is 1. The Kier molecular flexibility index (Phi) is 4.73.